The highest BCUT2D eigenvalue weighted by Crippen LogP contribution is 2.21. The lowest BCUT2D eigenvalue weighted by Gasteiger charge is -2.01. The molecule has 1 aliphatic rings. The molecule has 5 heteroatoms. The number of rotatable bonds is 3. The molecule has 0 radical (unpaired) electrons. The van der Waals surface area contributed by atoms with Crippen LogP contribution < -0.4 is 5.32 Å². The van der Waals surface area contributed by atoms with Crippen LogP contribution in [0.2, 0.25) is 0 Å². The topological polar surface area (TPSA) is 63.8 Å². The molecule has 3 rings (SSSR count). The quantitative estimate of drug-likeness (QED) is 0.865. The largest absolute Gasteiger partial charge is 0.338 e. The van der Waals surface area contributed by atoms with Crippen molar-refractivity contribution in [3.8, 4) is 0 Å². The summed E-state index contributed by atoms with van der Waals surface area (Å²) >= 11 is 0. The van der Waals surface area contributed by atoms with Crippen LogP contribution in [0.1, 0.15) is 36.2 Å². The zero-order chi connectivity index (χ0) is 11.5. The van der Waals surface area contributed by atoms with Gasteiger partial charge in [-0.1, -0.05) is 5.16 Å². The van der Waals surface area contributed by atoms with Crippen molar-refractivity contribution in [1.82, 2.24) is 20.4 Å². The number of nitrogens with zero attached hydrogens (tertiary/aromatic N) is 3. The van der Waals surface area contributed by atoms with Crippen molar-refractivity contribution in [2.75, 3.05) is 6.54 Å². The van der Waals surface area contributed by atoms with Gasteiger partial charge in [0.25, 0.3) is 0 Å². The monoisotopic (exact) mass is 230 g/mol. The van der Waals surface area contributed by atoms with E-state index in [9.17, 15) is 0 Å². The van der Waals surface area contributed by atoms with Crippen LogP contribution >= 0.6 is 0 Å². The van der Waals surface area contributed by atoms with Crippen LogP contribution in [0.4, 0.5) is 0 Å². The van der Waals surface area contributed by atoms with Gasteiger partial charge in [-0.05, 0) is 37.1 Å². The standard InChI is InChI=1S/C12H14N4O/c1-2-10(14-5-1)12-15-11(16-17-12)8-9-3-6-13-7-4-9/h3-4,6-7,10,14H,1-2,5,8H2/t10-/m1/s1. The molecule has 17 heavy (non-hydrogen) atoms. The Balaban J connectivity index is 1.72. The lowest BCUT2D eigenvalue weighted by Crippen LogP contribution is -2.13. The van der Waals surface area contributed by atoms with Crippen LogP contribution in [0.25, 0.3) is 0 Å². The van der Waals surface area contributed by atoms with E-state index in [0.717, 1.165) is 24.4 Å². The van der Waals surface area contributed by atoms with Gasteiger partial charge in [-0.3, -0.25) is 4.98 Å². The molecule has 88 valence electrons. The predicted octanol–water partition coefficient (Wildman–Crippen LogP) is 1.48. The molecular weight excluding hydrogens is 216 g/mol. The van der Waals surface area contributed by atoms with Crippen LogP contribution in [-0.4, -0.2) is 21.7 Å². The Labute approximate surface area is 99.3 Å². The zero-order valence-electron chi connectivity index (χ0n) is 9.47. The summed E-state index contributed by atoms with van der Waals surface area (Å²) in [5.74, 6) is 1.45. The van der Waals surface area contributed by atoms with Crippen molar-refractivity contribution < 1.29 is 4.52 Å². The maximum Gasteiger partial charge on any atom is 0.243 e. The van der Waals surface area contributed by atoms with Gasteiger partial charge in [-0.25, -0.2) is 0 Å². The highest BCUT2D eigenvalue weighted by Gasteiger charge is 2.22. The normalized spacial score (nSPS) is 19.6. The highest BCUT2D eigenvalue weighted by molar-refractivity contribution is 5.15. The van der Waals surface area contributed by atoms with E-state index in [1.807, 2.05) is 12.1 Å². The van der Waals surface area contributed by atoms with Crippen molar-refractivity contribution in [2.24, 2.45) is 0 Å². The van der Waals surface area contributed by atoms with Gasteiger partial charge in [0.1, 0.15) is 0 Å². The summed E-state index contributed by atoms with van der Waals surface area (Å²) in [5, 5.41) is 7.35. The smallest absolute Gasteiger partial charge is 0.243 e. The molecule has 0 bridgehead atoms. The van der Waals surface area contributed by atoms with Crippen molar-refractivity contribution in [3.05, 3.63) is 41.8 Å². The molecule has 1 saturated heterocycles. The van der Waals surface area contributed by atoms with Crippen molar-refractivity contribution in [1.29, 1.82) is 0 Å². The van der Waals surface area contributed by atoms with Crippen LogP contribution in [0, 0.1) is 0 Å². The van der Waals surface area contributed by atoms with E-state index in [4.69, 9.17) is 4.52 Å². The average molecular weight is 230 g/mol. The minimum absolute atomic E-state index is 0.244. The summed E-state index contributed by atoms with van der Waals surface area (Å²) in [6.07, 6.45) is 6.49. The van der Waals surface area contributed by atoms with Crippen molar-refractivity contribution >= 4 is 0 Å². The van der Waals surface area contributed by atoms with Crippen LogP contribution in [0.5, 0.6) is 0 Å². The van der Waals surface area contributed by atoms with Gasteiger partial charge in [0.15, 0.2) is 5.82 Å². The summed E-state index contributed by atoms with van der Waals surface area (Å²) in [6, 6.07) is 4.17. The van der Waals surface area contributed by atoms with Gasteiger partial charge in [-0.15, -0.1) is 0 Å². The fraction of sp³-hybridized carbons (Fsp3) is 0.417. The first-order valence-corrected chi connectivity index (χ1v) is 5.86. The average Bonchev–Trinajstić information content (AvgIpc) is 3.00. The molecule has 1 atom stereocenters. The Morgan fingerprint density at radius 1 is 1.35 bits per heavy atom. The molecule has 5 nitrogen and oxygen atoms in total. The number of hydrogen-bond donors (Lipinski definition) is 1. The second kappa shape index (κ2) is 4.63. The Morgan fingerprint density at radius 3 is 3.00 bits per heavy atom. The number of nitrogens with one attached hydrogen (secondary N) is 1. The van der Waals surface area contributed by atoms with Crippen LogP contribution in [-0.2, 0) is 6.42 Å². The molecule has 3 heterocycles. The first kappa shape index (κ1) is 10.4. The Morgan fingerprint density at radius 2 is 2.24 bits per heavy atom. The lowest BCUT2D eigenvalue weighted by molar-refractivity contribution is 0.341. The van der Waals surface area contributed by atoms with Crippen LogP contribution in [0.15, 0.2) is 29.0 Å². The Hall–Kier alpha value is -1.75. The van der Waals surface area contributed by atoms with Gasteiger partial charge in [-0.2, -0.15) is 4.98 Å². The van der Waals surface area contributed by atoms with Gasteiger partial charge in [0, 0.05) is 18.8 Å². The van der Waals surface area contributed by atoms with Gasteiger partial charge in [0.05, 0.1) is 6.04 Å². The summed E-state index contributed by atoms with van der Waals surface area (Å²) in [4.78, 5) is 8.41. The van der Waals surface area contributed by atoms with E-state index in [1.165, 1.54) is 6.42 Å². The minimum Gasteiger partial charge on any atom is -0.338 e. The third-order valence-corrected chi connectivity index (χ3v) is 2.95. The predicted molar refractivity (Wildman–Crippen MR) is 61.3 cm³/mol. The molecule has 0 aromatic carbocycles. The third-order valence-electron chi connectivity index (χ3n) is 2.95. The zero-order valence-corrected chi connectivity index (χ0v) is 9.47. The second-order valence-corrected chi connectivity index (χ2v) is 4.23. The molecule has 0 unspecified atom stereocenters. The molecule has 1 aliphatic heterocycles. The van der Waals surface area contributed by atoms with E-state index < -0.39 is 0 Å². The Bertz CT molecular complexity index is 476. The first-order valence-electron chi connectivity index (χ1n) is 5.86. The number of pyridine rings is 1. The molecule has 0 saturated carbocycles. The van der Waals surface area contributed by atoms with Gasteiger partial charge >= 0.3 is 0 Å². The molecule has 0 spiro atoms. The van der Waals surface area contributed by atoms with E-state index in [2.05, 4.69) is 20.4 Å². The van der Waals surface area contributed by atoms with E-state index in [1.54, 1.807) is 12.4 Å². The van der Waals surface area contributed by atoms with Crippen molar-refractivity contribution in [2.45, 2.75) is 25.3 Å². The molecule has 1 fully saturated rings. The molecular formula is C12H14N4O. The molecule has 1 N–H and O–H groups in total. The Kier molecular flexibility index (Phi) is 2.83. The van der Waals surface area contributed by atoms with Crippen LogP contribution in [0.3, 0.4) is 0 Å². The number of aromatic nitrogens is 3. The SMILES string of the molecule is c1cc(Cc2noc([C@H]3CCCN3)n2)ccn1. The second-order valence-electron chi connectivity index (χ2n) is 4.23. The molecule has 0 aliphatic carbocycles. The first-order chi connectivity index (χ1) is 8.42. The summed E-state index contributed by atoms with van der Waals surface area (Å²) in [7, 11) is 0. The fourth-order valence-corrected chi connectivity index (χ4v) is 2.06. The maximum absolute atomic E-state index is 5.28. The fourth-order valence-electron chi connectivity index (χ4n) is 2.06. The lowest BCUT2D eigenvalue weighted by atomic mass is 10.2. The molecule has 0 amide bonds. The summed E-state index contributed by atoms with van der Waals surface area (Å²) < 4.78 is 5.28. The maximum atomic E-state index is 5.28. The molecule has 2 aromatic rings. The van der Waals surface area contributed by atoms with E-state index in [-0.39, 0.29) is 6.04 Å². The van der Waals surface area contributed by atoms with Gasteiger partial charge in [0.2, 0.25) is 5.89 Å². The van der Waals surface area contributed by atoms with E-state index in [0.29, 0.717) is 12.3 Å². The molecule has 2 aromatic heterocycles. The van der Waals surface area contributed by atoms with Crippen molar-refractivity contribution in [3.63, 3.8) is 0 Å². The summed E-state index contributed by atoms with van der Waals surface area (Å²) in [6.45, 7) is 1.03. The van der Waals surface area contributed by atoms with E-state index >= 15 is 0 Å². The summed E-state index contributed by atoms with van der Waals surface area (Å²) in [5.41, 5.74) is 1.15. The minimum atomic E-state index is 0.244. The number of hydrogen-bond acceptors (Lipinski definition) is 5. The third kappa shape index (κ3) is 2.34. The highest BCUT2D eigenvalue weighted by atomic mass is 16.5. The van der Waals surface area contributed by atoms with Gasteiger partial charge < -0.3 is 9.84 Å².